The molecule has 2 amide bonds. The summed E-state index contributed by atoms with van der Waals surface area (Å²) in [6, 6.07) is 19.4. The quantitative estimate of drug-likeness (QED) is 0.249. The van der Waals surface area contributed by atoms with E-state index in [1.165, 1.54) is 17.0 Å². The molecule has 0 bridgehead atoms. The van der Waals surface area contributed by atoms with Gasteiger partial charge in [-0.25, -0.2) is 8.42 Å². The summed E-state index contributed by atoms with van der Waals surface area (Å²) in [5, 5.41) is 3.52. The van der Waals surface area contributed by atoms with E-state index < -0.39 is 28.5 Å². The molecule has 0 spiro atoms. The van der Waals surface area contributed by atoms with E-state index in [4.69, 9.17) is 11.6 Å². The van der Waals surface area contributed by atoms with Crippen molar-refractivity contribution >= 4 is 55.1 Å². The number of carbonyl (C=O) groups excluding carboxylic acids is 2. The van der Waals surface area contributed by atoms with Gasteiger partial charge in [0.2, 0.25) is 11.8 Å². The predicted octanol–water partition coefficient (Wildman–Crippen LogP) is 6.33. The van der Waals surface area contributed by atoms with Crippen LogP contribution in [0.4, 0.5) is 5.69 Å². The van der Waals surface area contributed by atoms with Gasteiger partial charge in [-0.3, -0.25) is 13.9 Å². The van der Waals surface area contributed by atoms with Gasteiger partial charge >= 0.3 is 0 Å². The van der Waals surface area contributed by atoms with E-state index in [0.717, 1.165) is 21.9 Å². The lowest BCUT2D eigenvalue weighted by molar-refractivity contribution is -0.140. The maximum Gasteiger partial charge on any atom is 0.264 e. The van der Waals surface area contributed by atoms with E-state index in [0.29, 0.717) is 21.6 Å². The van der Waals surface area contributed by atoms with Crippen molar-refractivity contribution in [2.45, 2.75) is 64.1 Å². The number of anilines is 1. The first-order valence-corrected chi connectivity index (χ1v) is 15.8. The van der Waals surface area contributed by atoms with Crippen LogP contribution < -0.4 is 9.62 Å². The van der Waals surface area contributed by atoms with Crippen molar-refractivity contribution in [1.29, 1.82) is 0 Å². The third-order valence-electron chi connectivity index (χ3n) is 6.64. The maximum atomic E-state index is 14.1. The Hall–Kier alpha value is -2.88. The Labute approximate surface area is 250 Å². The standard InChI is InChI=1S/C30H35BrClN3O4S/c1-5-22(4)33-30(37)28(6-2)34(19-23-12-14-25(32)15-13-23)29(36)20-35(26-9-7-8-24(31)18-26)40(38,39)27-16-10-21(3)11-17-27/h7-18,22,28H,5-6,19-20H2,1-4H3,(H,33,37)/t22-,28+/m0/s1. The Morgan fingerprint density at radius 3 is 2.20 bits per heavy atom. The number of hydrogen-bond donors (Lipinski definition) is 1. The zero-order valence-corrected chi connectivity index (χ0v) is 26.3. The van der Waals surface area contributed by atoms with E-state index in [1.807, 2.05) is 27.7 Å². The first kappa shape index (κ1) is 31.6. The molecule has 3 aromatic carbocycles. The molecule has 214 valence electrons. The average molecular weight is 649 g/mol. The van der Waals surface area contributed by atoms with Gasteiger partial charge < -0.3 is 10.2 Å². The monoisotopic (exact) mass is 647 g/mol. The highest BCUT2D eigenvalue weighted by Crippen LogP contribution is 2.27. The molecule has 3 rings (SSSR count). The molecule has 10 heteroatoms. The van der Waals surface area contributed by atoms with Gasteiger partial charge in [0.15, 0.2) is 0 Å². The van der Waals surface area contributed by atoms with Crippen LogP contribution in [0.1, 0.15) is 44.7 Å². The highest BCUT2D eigenvalue weighted by atomic mass is 79.9. The second-order valence-electron chi connectivity index (χ2n) is 9.69. The molecule has 0 aliphatic heterocycles. The van der Waals surface area contributed by atoms with Crippen LogP contribution in [-0.2, 0) is 26.2 Å². The SMILES string of the molecule is CC[C@H](C(=O)N[C@@H](C)CC)N(Cc1ccc(Cl)cc1)C(=O)CN(c1cccc(Br)c1)S(=O)(=O)c1ccc(C)cc1. The summed E-state index contributed by atoms with van der Waals surface area (Å²) < 4.78 is 29.6. The lowest BCUT2D eigenvalue weighted by Crippen LogP contribution is -2.53. The largest absolute Gasteiger partial charge is 0.352 e. The van der Waals surface area contributed by atoms with Crippen molar-refractivity contribution < 1.29 is 18.0 Å². The van der Waals surface area contributed by atoms with E-state index in [1.54, 1.807) is 60.7 Å². The summed E-state index contributed by atoms with van der Waals surface area (Å²) in [4.78, 5) is 28.9. The molecule has 0 saturated carbocycles. The van der Waals surface area contributed by atoms with Crippen molar-refractivity contribution in [1.82, 2.24) is 10.2 Å². The number of benzene rings is 3. The summed E-state index contributed by atoms with van der Waals surface area (Å²) in [7, 11) is -4.12. The molecule has 7 nitrogen and oxygen atoms in total. The van der Waals surface area contributed by atoms with E-state index >= 15 is 0 Å². The lowest BCUT2D eigenvalue weighted by Gasteiger charge is -2.33. The fourth-order valence-corrected chi connectivity index (χ4v) is 6.06. The molecule has 0 aliphatic rings. The third-order valence-corrected chi connectivity index (χ3v) is 9.17. The summed E-state index contributed by atoms with van der Waals surface area (Å²) in [5.74, 6) is -0.786. The van der Waals surface area contributed by atoms with Gasteiger partial charge in [0, 0.05) is 22.1 Å². The Kier molecular flexibility index (Phi) is 11.2. The number of amides is 2. The van der Waals surface area contributed by atoms with Gasteiger partial charge in [-0.1, -0.05) is 77.3 Å². The van der Waals surface area contributed by atoms with Crippen molar-refractivity contribution in [3.8, 4) is 0 Å². The van der Waals surface area contributed by atoms with Crippen LogP contribution in [0.2, 0.25) is 5.02 Å². The molecular weight excluding hydrogens is 614 g/mol. The Morgan fingerprint density at radius 1 is 0.975 bits per heavy atom. The zero-order chi connectivity index (χ0) is 29.4. The Bertz CT molecular complexity index is 1420. The van der Waals surface area contributed by atoms with Gasteiger partial charge in [0.05, 0.1) is 10.6 Å². The van der Waals surface area contributed by atoms with Crippen LogP contribution in [0.3, 0.4) is 0 Å². The molecule has 0 radical (unpaired) electrons. The molecule has 2 atom stereocenters. The van der Waals surface area contributed by atoms with Crippen LogP contribution in [0, 0.1) is 6.92 Å². The molecule has 0 fully saturated rings. The lowest BCUT2D eigenvalue weighted by atomic mass is 10.1. The fraction of sp³-hybridized carbons (Fsp3) is 0.333. The van der Waals surface area contributed by atoms with Gasteiger partial charge in [-0.15, -0.1) is 0 Å². The number of nitrogens with one attached hydrogen (secondary N) is 1. The minimum atomic E-state index is -4.12. The van der Waals surface area contributed by atoms with Crippen LogP contribution in [-0.4, -0.2) is 43.8 Å². The minimum Gasteiger partial charge on any atom is -0.352 e. The summed E-state index contributed by atoms with van der Waals surface area (Å²) in [6.45, 7) is 7.19. The van der Waals surface area contributed by atoms with Crippen LogP contribution in [0.25, 0.3) is 0 Å². The number of nitrogens with zero attached hydrogens (tertiary/aromatic N) is 2. The number of hydrogen-bond acceptors (Lipinski definition) is 4. The molecule has 3 aromatic rings. The molecular formula is C30H35BrClN3O4S. The highest BCUT2D eigenvalue weighted by molar-refractivity contribution is 9.10. The Balaban J connectivity index is 2.05. The van der Waals surface area contributed by atoms with Crippen LogP contribution in [0.15, 0.2) is 82.2 Å². The van der Waals surface area contributed by atoms with Crippen molar-refractivity contribution in [3.05, 3.63) is 93.4 Å². The number of rotatable bonds is 12. The topological polar surface area (TPSA) is 86.8 Å². The summed E-state index contributed by atoms with van der Waals surface area (Å²) >= 11 is 9.48. The molecule has 0 saturated heterocycles. The molecule has 0 aliphatic carbocycles. The van der Waals surface area contributed by atoms with Crippen molar-refractivity contribution in [2.24, 2.45) is 0 Å². The first-order valence-electron chi connectivity index (χ1n) is 13.2. The zero-order valence-electron chi connectivity index (χ0n) is 23.1. The smallest absolute Gasteiger partial charge is 0.264 e. The summed E-state index contributed by atoms with van der Waals surface area (Å²) in [6.07, 6.45) is 1.09. The van der Waals surface area contributed by atoms with Crippen molar-refractivity contribution in [3.63, 3.8) is 0 Å². The number of aryl methyl sites for hydroxylation is 1. The second-order valence-corrected chi connectivity index (χ2v) is 12.9. The second kappa shape index (κ2) is 14.1. The van der Waals surface area contributed by atoms with Gasteiger partial charge in [-0.2, -0.15) is 0 Å². The minimum absolute atomic E-state index is 0.0664. The summed E-state index contributed by atoms with van der Waals surface area (Å²) in [5.41, 5.74) is 2.01. The molecule has 0 aromatic heterocycles. The van der Waals surface area contributed by atoms with Gasteiger partial charge in [0.1, 0.15) is 12.6 Å². The maximum absolute atomic E-state index is 14.1. The highest BCUT2D eigenvalue weighted by Gasteiger charge is 2.34. The fourth-order valence-electron chi connectivity index (χ4n) is 4.14. The predicted molar refractivity (Wildman–Crippen MR) is 164 cm³/mol. The van der Waals surface area contributed by atoms with E-state index in [2.05, 4.69) is 21.2 Å². The van der Waals surface area contributed by atoms with Crippen LogP contribution in [0.5, 0.6) is 0 Å². The average Bonchev–Trinajstić information content (AvgIpc) is 2.92. The van der Waals surface area contributed by atoms with Gasteiger partial charge in [0.25, 0.3) is 10.0 Å². The number of sulfonamides is 1. The molecule has 40 heavy (non-hydrogen) atoms. The van der Waals surface area contributed by atoms with Gasteiger partial charge in [-0.05, 0) is 74.7 Å². The molecule has 0 unspecified atom stereocenters. The van der Waals surface area contributed by atoms with Crippen LogP contribution >= 0.6 is 27.5 Å². The number of halogens is 2. The first-order chi connectivity index (χ1) is 19.0. The molecule has 0 heterocycles. The number of carbonyl (C=O) groups is 2. The van der Waals surface area contributed by atoms with Crippen molar-refractivity contribution in [2.75, 3.05) is 10.8 Å². The third kappa shape index (κ3) is 8.08. The molecule has 1 N–H and O–H groups in total. The van der Waals surface area contributed by atoms with E-state index in [-0.39, 0.29) is 23.4 Å². The normalized spacial score (nSPS) is 12.8. The van der Waals surface area contributed by atoms with E-state index in [9.17, 15) is 18.0 Å². The Morgan fingerprint density at radius 2 is 1.62 bits per heavy atom.